The van der Waals surface area contributed by atoms with E-state index in [0.717, 1.165) is 18.3 Å². The van der Waals surface area contributed by atoms with E-state index in [0.29, 0.717) is 12.1 Å². The summed E-state index contributed by atoms with van der Waals surface area (Å²) in [5.41, 5.74) is 0. The van der Waals surface area contributed by atoms with Crippen molar-refractivity contribution < 1.29 is 5.11 Å². The zero-order valence-corrected chi connectivity index (χ0v) is 11.5. The van der Waals surface area contributed by atoms with Gasteiger partial charge in [0.05, 0.1) is 6.10 Å². The van der Waals surface area contributed by atoms with E-state index in [1.165, 1.54) is 44.9 Å². The molecular formula is C15H29NO. The quantitative estimate of drug-likeness (QED) is 0.742. The van der Waals surface area contributed by atoms with Crippen molar-refractivity contribution in [3.05, 3.63) is 0 Å². The average molecular weight is 239 g/mol. The minimum absolute atomic E-state index is 0.106. The van der Waals surface area contributed by atoms with E-state index in [9.17, 15) is 5.11 Å². The van der Waals surface area contributed by atoms with Crippen LogP contribution in [0.4, 0.5) is 0 Å². The highest BCUT2D eigenvalue weighted by atomic mass is 16.3. The minimum atomic E-state index is -0.106. The van der Waals surface area contributed by atoms with Gasteiger partial charge in [-0.2, -0.15) is 0 Å². The van der Waals surface area contributed by atoms with Crippen molar-refractivity contribution in [2.45, 2.75) is 83.4 Å². The van der Waals surface area contributed by atoms with Gasteiger partial charge in [-0.1, -0.05) is 39.5 Å². The van der Waals surface area contributed by atoms with Gasteiger partial charge in [-0.15, -0.1) is 0 Å². The maximum atomic E-state index is 10.2. The molecule has 2 nitrogen and oxygen atoms in total. The molecule has 2 rings (SSSR count). The standard InChI is InChI=1S/C15H29NO/c1-3-12-9-10-13(11(12)2)16-14-7-5-4-6-8-15(14)17/h11-17H,3-10H2,1-2H3. The molecule has 0 saturated heterocycles. The van der Waals surface area contributed by atoms with Crippen molar-refractivity contribution in [2.75, 3.05) is 0 Å². The van der Waals surface area contributed by atoms with Crippen LogP contribution in [0.2, 0.25) is 0 Å². The fraction of sp³-hybridized carbons (Fsp3) is 1.00. The summed E-state index contributed by atoms with van der Waals surface area (Å²) < 4.78 is 0. The van der Waals surface area contributed by atoms with E-state index in [4.69, 9.17) is 0 Å². The van der Waals surface area contributed by atoms with Crippen LogP contribution in [-0.2, 0) is 0 Å². The van der Waals surface area contributed by atoms with Gasteiger partial charge < -0.3 is 10.4 Å². The van der Waals surface area contributed by atoms with Crippen molar-refractivity contribution in [2.24, 2.45) is 11.8 Å². The fourth-order valence-electron chi connectivity index (χ4n) is 3.82. The third kappa shape index (κ3) is 3.23. The Morgan fingerprint density at radius 2 is 1.76 bits per heavy atom. The first-order chi connectivity index (χ1) is 8.22. The summed E-state index contributed by atoms with van der Waals surface area (Å²) in [4.78, 5) is 0. The molecule has 0 bridgehead atoms. The number of nitrogens with one attached hydrogen (secondary N) is 1. The monoisotopic (exact) mass is 239 g/mol. The van der Waals surface area contributed by atoms with E-state index < -0.39 is 0 Å². The second-order valence-corrected chi connectivity index (χ2v) is 6.19. The van der Waals surface area contributed by atoms with Crippen LogP contribution in [0.25, 0.3) is 0 Å². The summed E-state index contributed by atoms with van der Waals surface area (Å²) in [6.07, 6.45) is 9.84. The van der Waals surface area contributed by atoms with Crippen LogP contribution in [0, 0.1) is 11.8 Å². The molecule has 5 unspecified atom stereocenters. The fourth-order valence-corrected chi connectivity index (χ4v) is 3.82. The number of rotatable bonds is 3. The first-order valence-electron chi connectivity index (χ1n) is 7.66. The summed E-state index contributed by atoms with van der Waals surface area (Å²) in [5.74, 6) is 1.69. The minimum Gasteiger partial charge on any atom is -0.392 e. The molecule has 2 fully saturated rings. The van der Waals surface area contributed by atoms with Gasteiger partial charge in [-0.05, 0) is 37.5 Å². The lowest BCUT2D eigenvalue weighted by Gasteiger charge is -2.29. The first kappa shape index (κ1) is 13.4. The highest BCUT2D eigenvalue weighted by molar-refractivity contribution is 4.90. The van der Waals surface area contributed by atoms with Gasteiger partial charge in [0.25, 0.3) is 0 Å². The molecule has 2 aliphatic carbocycles. The smallest absolute Gasteiger partial charge is 0.0693 e. The predicted molar refractivity (Wildman–Crippen MR) is 72.0 cm³/mol. The van der Waals surface area contributed by atoms with Crippen LogP contribution in [0.5, 0.6) is 0 Å². The lowest BCUT2D eigenvalue weighted by Crippen LogP contribution is -2.46. The molecule has 2 aliphatic rings. The number of aliphatic hydroxyl groups excluding tert-OH is 1. The van der Waals surface area contributed by atoms with Gasteiger partial charge in [0.2, 0.25) is 0 Å². The summed E-state index contributed by atoms with van der Waals surface area (Å²) in [7, 11) is 0. The Hall–Kier alpha value is -0.0800. The van der Waals surface area contributed by atoms with E-state index >= 15 is 0 Å². The van der Waals surface area contributed by atoms with Crippen LogP contribution in [0.3, 0.4) is 0 Å². The highest BCUT2D eigenvalue weighted by Crippen LogP contribution is 2.34. The largest absolute Gasteiger partial charge is 0.392 e. The van der Waals surface area contributed by atoms with E-state index in [1.807, 2.05) is 0 Å². The molecule has 0 aliphatic heterocycles. The molecular weight excluding hydrogens is 210 g/mol. The van der Waals surface area contributed by atoms with Crippen LogP contribution in [0.15, 0.2) is 0 Å². The molecule has 0 radical (unpaired) electrons. The molecule has 0 aromatic heterocycles. The lowest BCUT2D eigenvalue weighted by molar-refractivity contribution is 0.109. The maximum absolute atomic E-state index is 10.2. The summed E-state index contributed by atoms with van der Waals surface area (Å²) in [6, 6.07) is 1.01. The molecule has 2 saturated carbocycles. The van der Waals surface area contributed by atoms with Crippen molar-refractivity contribution in [1.82, 2.24) is 5.32 Å². The first-order valence-corrected chi connectivity index (χ1v) is 7.66. The van der Waals surface area contributed by atoms with E-state index in [2.05, 4.69) is 19.2 Å². The SMILES string of the molecule is CCC1CCC(NC2CCCCCC2O)C1C. The Bertz CT molecular complexity index is 231. The second-order valence-electron chi connectivity index (χ2n) is 6.19. The summed E-state index contributed by atoms with van der Waals surface area (Å²) >= 11 is 0. The van der Waals surface area contributed by atoms with Gasteiger partial charge in [-0.3, -0.25) is 0 Å². The van der Waals surface area contributed by atoms with Crippen molar-refractivity contribution in [3.63, 3.8) is 0 Å². The van der Waals surface area contributed by atoms with E-state index in [1.54, 1.807) is 0 Å². The topological polar surface area (TPSA) is 32.3 Å². The molecule has 0 spiro atoms. The predicted octanol–water partition coefficient (Wildman–Crippen LogP) is 3.09. The van der Waals surface area contributed by atoms with Crippen molar-refractivity contribution >= 4 is 0 Å². The van der Waals surface area contributed by atoms with Gasteiger partial charge in [-0.25, -0.2) is 0 Å². The van der Waals surface area contributed by atoms with Crippen molar-refractivity contribution in [3.8, 4) is 0 Å². The molecule has 0 amide bonds. The third-order valence-corrected chi connectivity index (χ3v) is 5.16. The van der Waals surface area contributed by atoms with Gasteiger partial charge >= 0.3 is 0 Å². The van der Waals surface area contributed by atoms with Crippen LogP contribution in [0.1, 0.15) is 65.2 Å². The Balaban J connectivity index is 1.87. The Labute approximate surface area is 106 Å². The van der Waals surface area contributed by atoms with Crippen molar-refractivity contribution in [1.29, 1.82) is 0 Å². The number of hydrogen-bond acceptors (Lipinski definition) is 2. The third-order valence-electron chi connectivity index (χ3n) is 5.16. The number of hydrogen-bond donors (Lipinski definition) is 2. The molecule has 17 heavy (non-hydrogen) atoms. The molecule has 2 heteroatoms. The summed E-state index contributed by atoms with van der Waals surface area (Å²) in [5, 5.41) is 13.9. The zero-order chi connectivity index (χ0) is 12.3. The van der Waals surface area contributed by atoms with Gasteiger partial charge in [0, 0.05) is 12.1 Å². The summed E-state index contributed by atoms with van der Waals surface area (Å²) in [6.45, 7) is 4.70. The van der Waals surface area contributed by atoms with Gasteiger partial charge in [0.15, 0.2) is 0 Å². The van der Waals surface area contributed by atoms with Crippen LogP contribution < -0.4 is 5.32 Å². The van der Waals surface area contributed by atoms with Crippen LogP contribution >= 0.6 is 0 Å². The average Bonchev–Trinajstić information content (AvgIpc) is 2.54. The zero-order valence-electron chi connectivity index (χ0n) is 11.5. The molecule has 0 aromatic rings. The molecule has 0 aromatic carbocycles. The molecule has 5 atom stereocenters. The lowest BCUT2D eigenvalue weighted by atomic mass is 9.92. The Morgan fingerprint density at radius 3 is 2.47 bits per heavy atom. The van der Waals surface area contributed by atoms with E-state index in [-0.39, 0.29) is 6.10 Å². The Morgan fingerprint density at radius 1 is 1.00 bits per heavy atom. The number of aliphatic hydroxyl groups is 1. The normalized spacial score (nSPS) is 43.6. The Kier molecular flexibility index (Phi) is 4.87. The maximum Gasteiger partial charge on any atom is 0.0693 e. The van der Waals surface area contributed by atoms with Gasteiger partial charge in [0.1, 0.15) is 0 Å². The second kappa shape index (κ2) is 6.19. The van der Waals surface area contributed by atoms with Crippen LogP contribution in [-0.4, -0.2) is 23.3 Å². The molecule has 2 N–H and O–H groups in total. The molecule has 0 heterocycles. The highest BCUT2D eigenvalue weighted by Gasteiger charge is 2.34. The molecule has 100 valence electrons.